The van der Waals surface area contributed by atoms with Gasteiger partial charge in [-0.1, -0.05) is 12.1 Å². The number of ether oxygens (including phenoxy) is 1. The molecule has 2 heteroatoms. The van der Waals surface area contributed by atoms with E-state index in [1.165, 1.54) is 11.1 Å². The Balaban J connectivity index is 2.39. The van der Waals surface area contributed by atoms with Gasteiger partial charge in [-0.25, -0.2) is 0 Å². The van der Waals surface area contributed by atoms with E-state index in [1.54, 1.807) is 7.11 Å². The third kappa shape index (κ3) is 1.54. The van der Waals surface area contributed by atoms with Gasteiger partial charge in [0.05, 0.1) is 7.11 Å². The van der Waals surface area contributed by atoms with Crippen molar-refractivity contribution < 1.29 is 4.74 Å². The Kier molecular flexibility index (Phi) is 2.23. The topological polar surface area (TPSA) is 21.3 Å². The molecule has 2 nitrogen and oxygen atoms in total. The molecule has 70 valence electrons. The van der Waals surface area contributed by atoms with Gasteiger partial charge in [0.1, 0.15) is 5.75 Å². The third-order valence-electron chi connectivity index (χ3n) is 2.60. The number of benzene rings is 1. The summed E-state index contributed by atoms with van der Waals surface area (Å²) in [6, 6.07) is 6.86. The highest BCUT2D eigenvalue weighted by molar-refractivity contribution is 5.41. The number of hydrogen-bond acceptors (Lipinski definition) is 2. The first-order valence-corrected chi connectivity index (χ1v) is 4.69. The van der Waals surface area contributed by atoms with E-state index in [0.717, 1.165) is 18.7 Å². The minimum absolute atomic E-state index is 0.583. The Morgan fingerprint density at radius 1 is 1.46 bits per heavy atom. The highest BCUT2D eigenvalue weighted by Gasteiger charge is 2.16. The zero-order valence-electron chi connectivity index (χ0n) is 8.13. The van der Waals surface area contributed by atoms with Gasteiger partial charge < -0.3 is 10.1 Å². The second-order valence-corrected chi connectivity index (χ2v) is 3.58. The predicted octanol–water partition coefficient (Wildman–Crippen LogP) is 1.73. The average Bonchev–Trinajstić information content (AvgIpc) is 2.16. The lowest BCUT2D eigenvalue weighted by Crippen LogP contribution is -2.32. The Morgan fingerprint density at radius 3 is 3.08 bits per heavy atom. The summed E-state index contributed by atoms with van der Waals surface area (Å²) in [6.45, 7) is 3.14. The molecule has 1 aromatic carbocycles. The lowest BCUT2D eigenvalue weighted by atomic mass is 9.96. The molecule has 0 aliphatic carbocycles. The number of hydrogen-bond donors (Lipinski definition) is 1. The van der Waals surface area contributed by atoms with Gasteiger partial charge in [-0.3, -0.25) is 0 Å². The minimum Gasteiger partial charge on any atom is -0.496 e. The fraction of sp³-hybridized carbons (Fsp3) is 0.455. The van der Waals surface area contributed by atoms with Crippen molar-refractivity contribution in [1.82, 2.24) is 5.32 Å². The first-order valence-electron chi connectivity index (χ1n) is 4.69. The summed E-state index contributed by atoms with van der Waals surface area (Å²) < 4.78 is 5.31. The summed E-state index contributed by atoms with van der Waals surface area (Å²) in [4.78, 5) is 0. The molecule has 1 aromatic rings. The fourth-order valence-electron chi connectivity index (χ4n) is 1.87. The average molecular weight is 177 g/mol. The molecule has 2 rings (SSSR count). The van der Waals surface area contributed by atoms with Crippen LogP contribution in [-0.2, 0) is 13.0 Å². The SMILES string of the molecule is COc1cccc2c1CN[C@H](C)C2. The van der Waals surface area contributed by atoms with Crippen LogP contribution in [0.1, 0.15) is 18.1 Å². The molecular weight excluding hydrogens is 162 g/mol. The van der Waals surface area contributed by atoms with Gasteiger partial charge in [0.25, 0.3) is 0 Å². The molecule has 1 atom stereocenters. The van der Waals surface area contributed by atoms with E-state index >= 15 is 0 Å². The predicted molar refractivity (Wildman–Crippen MR) is 53.0 cm³/mol. The van der Waals surface area contributed by atoms with Crippen LogP contribution in [0.25, 0.3) is 0 Å². The Bertz CT molecular complexity index is 309. The summed E-state index contributed by atoms with van der Waals surface area (Å²) in [6.07, 6.45) is 1.10. The van der Waals surface area contributed by atoms with Gasteiger partial charge in [-0.15, -0.1) is 0 Å². The van der Waals surface area contributed by atoms with Crippen LogP contribution < -0.4 is 10.1 Å². The third-order valence-corrected chi connectivity index (χ3v) is 2.60. The van der Waals surface area contributed by atoms with Crippen molar-refractivity contribution in [2.45, 2.75) is 25.9 Å². The van der Waals surface area contributed by atoms with Crippen molar-refractivity contribution in [3.63, 3.8) is 0 Å². The molecule has 1 aliphatic rings. The second-order valence-electron chi connectivity index (χ2n) is 3.58. The number of nitrogens with one attached hydrogen (secondary N) is 1. The normalized spacial score (nSPS) is 20.9. The van der Waals surface area contributed by atoms with Crippen LogP contribution in [0.3, 0.4) is 0 Å². The van der Waals surface area contributed by atoms with E-state index in [4.69, 9.17) is 4.74 Å². The highest BCUT2D eigenvalue weighted by Crippen LogP contribution is 2.25. The van der Waals surface area contributed by atoms with Crippen molar-refractivity contribution in [3.8, 4) is 5.75 Å². The van der Waals surface area contributed by atoms with Crippen LogP contribution in [-0.4, -0.2) is 13.2 Å². The molecule has 1 heterocycles. The van der Waals surface area contributed by atoms with Crippen LogP contribution in [0, 0.1) is 0 Å². The van der Waals surface area contributed by atoms with Gasteiger partial charge in [0.2, 0.25) is 0 Å². The summed E-state index contributed by atoms with van der Waals surface area (Å²) >= 11 is 0. The molecule has 0 saturated carbocycles. The van der Waals surface area contributed by atoms with E-state index in [9.17, 15) is 0 Å². The second kappa shape index (κ2) is 3.38. The van der Waals surface area contributed by atoms with Gasteiger partial charge in [0, 0.05) is 18.2 Å². The van der Waals surface area contributed by atoms with Crippen LogP contribution >= 0.6 is 0 Å². The molecule has 0 saturated heterocycles. The number of methoxy groups -OCH3 is 1. The molecular formula is C11H15NO. The zero-order valence-corrected chi connectivity index (χ0v) is 8.13. The molecule has 0 bridgehead atoms. The maximum absolute atomic E-state index is 5.31. The summed E-state index contributed by atoms with van der Waals surface area (Å²) in [5.41, 5.74) is 2.74. The Labute approximate surface area is 78.9 Å². The molecule has 0 amide bonds. The first-order chi connectivity index (χ1) is 6.31. The molecule has 1 aliphatic heterocycles. The van der Waals surface area contributed by atoms with Gasteiger partial charge in [-0.2, -0.15) is 0 Å². The molecule has 0 aromatic heterocycles. The molecule has 13 heavy (non-hydrogen) atoms. The standard InChI is InChI=1S/C11H15NO/c1-8-6-9-4-3-5-11(13-2)10(9)7-12-8/h3-5,8,12H,6-7H2,1-2H3/t8-/m1/s1. The molecule has 0 spiro atoms. The van der Waals surface area contributed by atoms with E-state index in [-0.39, 0.29) is 0 Å². The van der Waals surface area contributed by atoms with Gasteiger partial charge in [0.15, 0.2) is 0 Å². The summed E-state index contributed by atoms with van der Waals surface area (Å²) in [5.74, 6) is 1.01. The maximum Gasteiger partial charge on any atom is 0.123 e. The Hall–Kier alpha value is -1.02. The molecule has 0 unspecified atom stereocenters. The van der Waals surface area contributed by atoms with Crippen LogP contribution in [0.2, 0.25) is 0 Å². The monoisotopic (exact) mass is 177 g/mol. The molecule has 0 radical (unpaired) electrons. The van der Waals surface area contributed by atoms with E-state index in [1.807, 2.05) is 6.07 Å². The number of fused-ring (bicyclic) bond motifs is 1. The van der Waals surface area contributed by atoms with Crippen molar-refractivity contribution in [2.24, 2.45) is 0 Å². The maximum atomic E-state index is 5.31. The van der Waals surface area contributed by atoms with Crippen molar-refractivity contribution in [2.75, 3.05) is 7.11 Å². The van der Waals surface area contributed by atoms with Crippen molar-refractivity contribution in [1.29, 1.82) is 0 Å². The van der Waals surface area contributed by atoms with Crippen molar-refractivity contribution in [3.05, 3.63) is 29.3 Å². The smallest absolute Gasteiger partial charge is 0.123 e. The lowest BCUT2D eigenvalue weighted by molar-refractivity contribution is 0.399. The van der Waals surface area contributed by atoms with Crippen molar-refractivity contribution >= 4 is 0 Å². The lowest BCUT2D eigenvalue weighted by Gasteiger charge is -2.24. The van der Waals surface area contributed by atoms with Gasteiger partial charge >= 0.3 is 0 Å². The van der Waals surface area contributed by atoms with Gasteiger partial charge in [-0.05, 0) is 25.0 Å². The fourth-order valence-corrected chi connectivity index (χ4v) is 1.87. The van der Waals surface area contributed by atoms with E-state index < -0.39 is 0 Å². The summed E-state index contributed by atoms with van der Waals surface area (Å²) in [5, 5.41) is 3.43. The minimum atomic E-state index is 0.583. The van der Waals surface area contributed by atoms with E-state index in [0.29, 0.717) is 6.04 Å². The zero-order chi connectivity index (χ0) is 9.26. The quantitative estimate of drug-likeness (QED) is 0.705. The van der Waals surface area contributed by atoms with E-state index in [2.05, 4.69) is 24.4 Å². The van der Waals surface area contributed by atoms with Crippen LogP contribution in [0.5, 0.6) is 5.75 Å². The largest absolute Gasteiger partial charge is 0.496 e. The molecule has 1 N–H and O–H groups in total. The highest BCUT2D eigenvalue weighted by atomic mass is 16.5. The number of rotatable bonds is 1. The molecule has 0 fully saturated rings. The Morgan fingerprint density at radius 2 is 2.31 bits per heavy atom. The summed E-state index contributed by atoms with van der Waals surface area (Å²) in [7, 11) is 1.73. The van der Waals surface area contributed by atoms with Crippen LogP contribution in [0.4, 0.5) is 0 Å². The van der Waals surface area contributed by atoms with Crippen LogP contribution in [0.15, 0.2) is 18.2 Å². The first kappa shape index (κ1) is 8.57.